The average Bonchev–Trinajstić information content (AvgIpc) is 2.72. The van der Waals surface area contributed by atoms with E-state index in [9.17, 15) is 16.8 Å². The van der Waals surface area contributed by atoms with Gasteiger partial charge in [-0.25, -0.2) is 16.8 Å². The largest absolute Gasteiger partial charge is 0.229 e. The summed E-state index contributed by atoms with van der Waals surface area (Å²) >= 11 is 5.83. The van der Waals surface area contributed by atoms with Crippen LogP contribution in [0.15, 0.2) is 24.3 Å². The van der Waals surface area contributed by atoms with Crippen LogP contribution in [0.5, 0.6) is 0 Å². The van der Waals surface area contributed by atoms with Gasteiger partial charge in [0.2, 0.25) is 10.0 Å². The van der Waals surface area contributed by atoms with Crippen molar-refractivity contribution in [2.45, 2.75) is 48.8 Å². The van der Waals surface area contributed by atoms with Gasteiger partial charge in [-0.2, -0.15) is 4.31 Å². The Kier molecular flexibility index (Phi) is 4.50. The summed E-state index contributed by atoms with van der Waals surface area (Å²) < 4.78 is 50.8. The minimum absolute atomic E-state index is 0.0687. The predicted octanol–water partition coefficient (Wildman–Crippen LogP) is 2.21. The molecule has 128 valence electrons. The van der Waals surface area contributed by atoms with Crippen LogP contribution in [0.4, 0.5) is 0 Å². The Hall–Kier alpha value is -0.630. The normalized spacial score (nSPS) is 28.9. The third-order valence-electron chi connectivity index (χ3n) is 4.81. The highest BCUT2D eigenvalue weighted by Crippen LogP contribution is 2.40. The van der Waals surface area contributed by atoms with Crippen LogP contribution in [0.25, 0.3) is 0 Å². The van der Waals surface area contributed by atoms with Crippen LogP contribution < -0.4 is 0 Å². The van der Waals surface area contributed by atoms with E-state index in [2.05, 4.69) is 0 Å². The van der Waals surface area contributed by atoms with E-state index in [0.29, 0.717) is 23.4 Å². The van der Waals surface area contributed by atoms with E-state index < -0.39 is 25.1 Å². The van der Waals surface area contributed by atoms with Crippen LogP contribution in [0.2, 0.25) is 5.02 Å². The molecule has 23 heavy (non-hydrogen) atoms. The quantitative estimate of drug-likeness (QED) is 0.806. The number of nitrogens with zero attached hydrogens (tertiary/aromatic N) is 1. The number of sulfone groups is 1. The Morgan fingerprint density at radius 3 is 2.04 bits per heavy atom. The van der Waals surface area contributed by atoms with Gasteiger partial charge in [-0.05, 0) is 43.4 Å². The van der Waals surface area contributed by atoms with Crippen molar-refractivity contribution >= 4 is 31.5 Å². The van der Waals surface area contributed by atoms with E-state index in [1.165, 1.54) is 6.26 Å². The van der Waals surface area contributed by atoms with Gasteiger partial charge in [-0.1, -0.05) is 23.7 Å². The SMILES string of the molecule is CS(=O)(=O)C1CC2CCC(C1)N2S(=O)(=O)Cc1ccc(Cl)cc1. The maximum atomic E-state index is 12.8. The van der Waals surface area contributed by atoms with Gasteiger partial charge in [0.15, 0.2) is 0 Å². The number of halogens is 1. The zero-order valence-electron chi connectivity index (χ0n) is 12.9. The molecule has 0 aromatic heterocycles. The molecule has 2 fully saturated rings. The monoisotopic (exact) mass is 377 g/mol. The maximum Gasteiger partial charge on any atom is 0.218 e. The van der Waals surface area contributed by atoms with Crippen molar-refractivity contribution in [3.63, 3.8) is 0 Å². The summed E-state index contributed by atoms with van der Waals surface area (Å²) in [5, 5.41) is 0.155. The molecular formula is C15H20ClNO4S2. The summed E-state index contributed by atoms with van der Waals surface area (Å²) in [5.74, 6) is -0.0687. The topological polar surface area (TPSA) is 71.5 Å². The Morgan fingerprint density at radius 2 is 1.57 bits per heavy atom. The van der Waals surface area contributed by atoms with Gasteiger partial charge in [0.05, 0.1) is 11.0 Å². The van der Waals surface area contributed by atoms with Gasteiger partial charge < -0.3 is 0 Å². The zero-order valence-corrected chi connectivity index (χ0v) is 15.2. The summed E-state index contributed by atoms with van der Waals surface area (Å²) in [6, 6.07) is 6.40. The minimum Gasteiger partial charge on any atom is -0.229 e. The molecule has 5 nitrogen and oxygen atoms in total. The molecule has 8 heteroatoms. The van der Waals surface area contributed by atoms with Crippen LogP contribution in [0.1, 0.15) is 31.2 Å². The Labute approximate surface area is 142 Å². The number of rotatable bonds is 4. The van der Waals surface area contributed by atoms with Crippen molar-refractivity contribution in [1.82, 2.24) is 4.31 Å². The molecule has 2 saturated heterocycles. The Balaban J connectivity index is 1.80. The number of fused-ring (bicyclic) bond motifs is 2. The van der Waals surface area contributed by atoms with Crippen LogP contribution >= 0.6 is 11.6 Å². The van der Waals surface area contributed by atoms with Crippen LogP contribution in [0.3, 0.4) is 0 Å². The lowest BCUT2D eigenvalue weighted by Gasteiger charge is -2.37. The molecule has 2 atom stereocenters. The standard InChI is InChI=1S/C15H20ClNO4S2/c1-22(18,19)15-8-13-6-7-14(9-15)17(13)23(20,21)10-11-2-4-12(16)5-3-11/h2-5,13-15H,6-10H2,1H3. The molecule has 1 aromatic rings. The van der Waals surface area contributed by atoms with E-state index in [1.807, 2.05) is 0 Å². The summed E-state index contributed by atoms with van der Waals surface area (Å²) in [5.41, 5.74) is 0.694. The fourth-order valence-electron chi connectivity index (χ4n) is 3.75. The molecule has 3 rings (SSSR count). The van der Waals surface area contributed by atoms with E-state index >= 15 is 0 Å². The third-order valence-corrected chi connectivity index (χ3v) is 8.60. The van der Waals surface area contributed by atoms with Crippen molar-refractivity contribution in [2.75, 3.05) is 6.26 Å². The molecule has 2 unspecified atom stereocenters. The highest BCUT2D eigenvalue weighted by molar-refractivity contribution is 7.91. The molecule has 0 N–H and O–H groups in total. The zero-order chi connectivity index (χ0) is 16.8. The minimum atomic E-state index is -3.46. The van der Waals surface area contributed by atoms with Gasteiger partial charge in [-0.3, -0.25) is 0 Å². The fourth-order valence-corrected chi connectivity index (χ4v) is 7.08. The number of hydrogen-bond acceptors (Lipinski definition) is 4. The number of piperidine rings is 1. The Morgan fingerprint density at radius 1 is 1.04 bits per heavy atom. The molecule has 2 bridgehead atoms. The molecule has 0 aliphatic carbocycles. The summed E-state index contributed by atoms with van der Waals surface area (Å²) in [6.07, 6.45) is 3.56. The first-order valence-corrected chi connectivity index (χ1v) is 11.6. The molecule has 1 aromatic carbocycles. The number of sulfonamides is 1. The van der Waals surface area contributed by atoms with E-state index in [1.54, 1.807) is 28.6 Å². The number of benzene rings is 1. The van der Waals surface area contributed by atoms with Gasteiger partial charge >= 0.3 is 0 Å². The van der Waals surface area contributed by atoms with E-state index in [4.69, 9.17) is 11.6 Å². The molecule has 0 radical (unpaired) electrons. The first kappa shape index (κ1) is 17.2. The lowest BCUT2D eigenvalue weighted by Crippen LogP contribution is -2.49. The van der Waals surface area contributed by atoms with Crippen molar-refractivity contribution in [3.8, 4) is 0 Å². The highest BCUT2D eigenvalue weighted by Gasteiger charge is 2.48. The second-order valence-electron chi connectivity index (χ2n) is 6.52. The predicted molar refractivity (Wildman–Crippen MR) is 90.6 cm³/mol. The van der Waals surface area contributed by atoms with E-state index in [-0.39, 0.29) is 17.8 Å². The summed E-state index contributed by atoms with van der Waals surface area (Å²) in [6.45, 7) is 0. The third kappa shape index (κ3) is 3.57. The highest BCUT2D eigenvalue weighted by atomic mass is 35.5. The summed E-state index contributed by atoms with van der Waals surface area (Å²) in [7, 11) is -6.58. The van der Waals surface area contributed by atoms with Gasteiger partial charge in [0, 0.05) is 23.4 Å². The van der Waals surface area contributed by atoms with Crippen LogP contribution in [-0.2, 0) is 25.6 Å². The summed E-state index contributed by atoms with van der Waals surface area (Å²) in [4.78, 5) is 0. The van der Waals surface area contributed by atoms with Crippen molar-refractivity contribution in [3.05, 3.63) is 34.9 Å². The molecule has 2 heterocycles. The molecular weight excluding hydrogens is 358 g/mol. The van der Waals surface area contributed by atoms with E-state index in [0.717, 1.165) is 12.8 Å². The lowest BCUT2D eigenvalue weighted by molar-refractivity contribution is 0.249. The molecule has 2 aliphatic rings. The lowest BCUT2D eigenvalue weighted by atomic mass is 10.1. The van der Waals surface area contributed by atoms with Crippen LogP contribution in [0, 0.1) is 0 Å². The van der Waals surface area contributed by atoms with Crippen LogP contribution in [-0.4, -0.2) is 44.7 Å². The Bertz CT molecular complexity index is 775. The number of hydrogen-bond donors (Lipinski definition) is 0. The van der Waals surface area contributed by atoms with Crippen molar-refractivity contribution in [1.29, 1.82) is 0 Å². The average molecular weight is 378 g/mol. The van der Waals surface area contributed by atoms with Gasteiger partial charge in [0.1, 0.15) is 9.84 Å². The fraction of sp³-hybridized carbons (Fsp3) is 0.600. The molecule has 0 amide bonds. The molecule has 0 saturated carbocycles. The second-order valence-corrected chi connectivity index (χ2v) is 11.2. The van der Waals surface area contributed by atoms with Crippen molar-refractivity contribution < 1.29 is 16.8 Å². The second kappa shape index (κ2) is 6.02. The smallest absolute Gasteiger partial charge is 0.218 e. The molecule has 0 spiro atoms. The first-order chi connectivity index (χ1) is 10.7. The van der Waals surface area contributed by atoms with Crippen molar-refractivity contribution in [2.24, 2.45) is 0 Å². The van der Waals surface area contributed by atoms with Gasteiger partial charge in [0.25, 0.3) is 0 Å². The first-order valence-electron chi connectivity index (χ1n) is 7.61. The molecule has 2 aliphatic heterocycles. The maximum absolute atomic E-state index is 12.8. The van der Waals surface area contributed by atoms with Gasteiger partial charge in [-0.15, -0.1) is 0 Å².